The Balaban J connectivity index is 0.678. The van der Waals surface area contributed by atoms with E-state index in [4.69, 9.17) is 28.7 Å². The molecule has 0 radical (unpaired) electrons. The van der Waals surface area contributed by atoms with E-state index >= 15 is 0 Å². The maximum absolute atomic E-state index is 13.9. The van der Waals surface area contributed by atoms with E-state index in [0.29, 0.717) is 128 Å². The minimum Gasteiger partial charge on any atom is -0.493 e. The molecule has 470 valence electrons. The molecule has 1 aliphatic heterocycles. The van der Waals surface area contributed by atoms with Crippen molar-refractivity contribution in [3.8, 4) is 34.5 Å². The van der Waals surface area contributed by atoms with Crippen LogP contribution in [0.15, 0.2) is 87.5 Å². The molecule has 1 saturated carbocycles. The van der Waals surface area contributed by atoms with E-state index in [9.17, 15) is 32.4 Å². The number of Topliss-reactive ketones (excluding diaryl/α,β-unsaturated/α-hetero) is 1. The zero-order valence-electron chi connectivity index (χ0n) is 51.5. The number of nitrogens with zero attached hydrogens (tertiary/aromatic N) is 9. The normalized spacial score (nSPS) is 13.7. The molecule has 7 aromatic rings. The molecule has 1 saturated heterocycles. The molecule has 2 amide bonds. The molecule has 24 nitrogen and oxygen atoms in total. The summed E-state index contributed by atoms with van der Waals surface area (Å²) in [6, 6.07) is 16.4. The van der Waals surface area contributed by atoms with Gasteiger partial charge >= 0.3 is 5.69 Å². The number of nitrogens with one attached hydrogen (secondary N) is 3. The van der Waals surface area contributed by atoms with Crippen LogP contribution in [0.4, 0.5) is 23.1 Å². The highest BCUT2D eigenvalue weighted by Crippen LogP contribution is 2.39. The van der Waals surface area contributed by atoms with Crippen LogP contribution in [0.5, 0.6) is 34.5 Å². The molecule has 0 spiro atoms. The van der Waals surface area contributed by atoms with Crippen molar-refractivity contribution in [3.63, 3.8) is 0 Å². The largest absolute Gasteiger partial charge is 0.493 e. The van der Waals surface area contributed by atoms with Crippen molar-refractivity contribution in [2.24, 2.45) is 14.1 Å². The number of methoxy groups -OCH3 is 2. The predicted molar refractivity (Wildman–Crippen MR) is 337 cm³/mol. The maximum atomic E-state index is 13.9. The lowest BCUT2D eigenvalue weighted by Gasteiger charge is -2.36. The monoisotopic (exact) mass is 1230 g/mol. The van der Waals surface area contributed by atoms with Crippen molar-refractivity contribution in [2.75, 3.05) is 95.2 Å². The number of amides is 2. The number of imidazole rings is 1. The first-order chi connectivity index (χ1) is 42.4. The molecule has 2 aliphatic rings. The Hall–Kier alpha value is -8.71. The number of carbonyl (C=O) groups excluding carboxylic acids is 3. The maximum Gasteiger partial charge on any atom is 0.328 e. The average molecular weight is 1230 g/mol. The van der Waals surface area contributed by atoms with Crippen LogP contribution < -0.4 is 55.2 Å². The number of aromatic nitrogens is 6. The lowest BCUT2D eigenvalue weighted by Crippen LogP contribution is -2.48. The number of pyridine rings is 2. The molecular weight excluding hydrogens is 1150 g/mol. The number of unbranched alkanes of at least 4 members (excludes halogenated alkanes) is 3. The summed E-state index contributed by atoms with van der Waals surface area (Å²) in [7, 11) is 3.78. The highest BCUT2D eigenvalue weighted by Gasteiger charge is 2.28. The number of fused-ring (bicyclic) bond motifs is 2. The Kier molecular flexibility index (Phi) is 20.9. The summed E-state index contributed by atoms with van der Waals surface area (Å²) in [5.74, 6) is 2.64. The van der Waals surface area contributed by atoms with Crippen molar-refractivity contribution in [1.82, 2.24) is 43.8 Å². The summed E-state index contributed by atoms with van der Waals surface area (Å²) >= 11 is 0. The molecule has 0 bridgehead atoms. The Morgan fingerprint density at radius 3 is 2.16 bits per heavy atom. The minimum atomic E-state index is -4.22. The van der Waals surface area contributed by atoms with Gasteiger partial charge in [0.1, 0.15) is 28.7 Å². The average Bonchev–Trinajstić information content (AvgIpc) is 1.48. The van der Waals surface area contributed by atoms with Gasteiger partial charge in [0.2, 0.25) is 17.8 Å². The number of piperazine rings is 1. The summed E-state index contributed by atoms with van der Waals surface area (Å²) in [4.78, 5) is 85.1. The number of ketones is 1. The first-order valence-electron chi connectivity index (χ1n) is 30.0. The number of aryl methyl sites for hydroxylation is 3. The number of sulfonamides is 1. The summed E-state index contributed by atoms with van der Waals surface area (Å²) < 4.78 is 64.3. The second-order valence-corrected chi connectivity index (χ2v) is 24.1. The Morgan fingerprint density at radius 1 is 0.773 bits per heavy atom. The first-order valence-corrected chi connectivity index (χ1v) is 31.5. The minimum absolute atomic E-state index is 0.0196. The van der Waals surface area contributed by atoms with Gasteiger partial charge in [0.15, 0.2) is 23.0 Å². The topological polar surface area (TPSA) is 265 Å². The SMILES string of the molecule is CCCOc1cc(OCCCCN(C)CC(=O)NCCCCCC(=O)N2CCN(c3ccc(Nc4ncc5c(C)c(C(C)=O)c(=O)n(C6CCCC6)c5n4)nc3)CC2)cc(Oc2cc3c(cc2NS(=O)(=O)c2ccc(OC)c(OC)c2)n(C)c(=O)n3C)c1. The van der Waals surface area contributed by atoms with Crippen molar-refractivity contribution in [2.45, 2.75) is 102 Å². The lowest BCUT2D eigenvalue weighted by molar-refractivity contribution is -0.131. The van der Waals surface area contributed by atoms with E-state index in [1.165, 1.54) is 48.5 Å². The highest BCUT2D eigenvalue weighted by atomic mass is 32.2. The molecule has 88 heavy (non-hydrogen) atoms. The van der Waals surface area contributed by atoms with Crippen molar-refractivity contribution >= 4 is 72.8 Å². The van der Waals surface area contributed by atoms with Crippen molar-refractivity contribution < 1.29 is 46.5 Å². The van der Waals surface area contributed by atoms with Crippen LogP contribution in [0.2, 0.25) is 0 Å². The van der Waals surface area contributed by atoms with Crippen LogP contribution >= 0.6 is 0 Å². The molecule has 5 heterocycles. The van der Waals surface area contributed by atoms with Crippen LogP contribution in [-0.4, -0.2) is 145 Å². The van der Waals surface area contributed by atoms with Crippen LogP contribution in [0.25, 0.3) is 22.1 Å². The van der Waals surface area contributed by atoms with Gasteiger partial charge in [0.05, 0.1) is 73.0 Å². The fourth-order valence-electron chi connectivity index (χ4n) is 11.3. The second-order valence-electron chi connectivity index (χ2n) is 22.4. The van der Waals surface area contributed by atoms with Gasteiger partial charge in [-0.25, -0.2) is 23.2 Å². The number of carbonyl (C=O) groups is 3. The fourth-order valence-corrected chi connectivity index (χ4v) is 12.4. The summed E-state index contributed by atoms with van der Waals surface area (Å²) in [6.45, 7) is 9.98. The number of hydrogen-bond donors (Lipinski definition) is 3. The van der Waals surface area contributed by atoms with Crippen LogP contribution in [0, 0.1) is 6.92 Å². The van der Waals surface area contributed by atoms with Gasteiger partial charge in [0.25, 0.3) is 15.6 Å². The molecular formula is C63H80N12O12S. The number of likely N-dealkylation sites (N-methyl/N-ethyl adjacent to an activating group) is 1. The lowest BCUT2D eigenvalue weighted by atomic mass is 10.0. The first kappa shape index (κ1) is 63.8. The van der Waals surface area contributed by atoms with Crippen molar-refractivity contribution in [3.05, 3.63) is 105 Å². The Morgan fingerprint density at radius 2 is 1.48 bits per heavy atom. The molecule has 0 atom stereocenters. The number of ether oxygens (including phenoxy) is 5. The zero-order chi connectivity index (χ0) is 62.6. The van der Waals surface area contributed by atoms with Crippen LogP contribution in [-0.2, 0) is 33.7 Å². The van der Waals surface area contributed by atoms with E-state index < -0.39 is 10.0 Å². The van der Waals surface area contributed by atoms with Gasteiger partial charge in [-0.3, -0.25) is 42.5 Å². The Bertz CT molecular complexity index is 3890. The molecule has 25 heteroatoms. The van der Waals surface area contributed by atoms with Gasteiger partial charge in [-0.2, -0.15) is 4.98 Å². The third kappa shape index (κ3) is 15.2. The third-order valence-corrected chi connectivity index (χ3v) is 17.4. The number of benzene rings is 3. The van der Waals surface area contributed by atoms with E-state index in [0.717, 1.165) is 63.5 Å². The van der Waals surface area contributed by atoms with Gasteiger partial charge < -0.3 is 44.1 Å². The molecule has 4 aromatic heterocycles. The van der Waals surface area contributed by atoms with Gasteiger partial charge in [-0.1, -0.05) is 26.2 Å². The van der Waals surface area contributed by atoms with Gasteiger partial charge in [-0.15, -0.1) is 0 Å². The van der Waals surface area contributed by atoms with Crippen LogP contribution in [0.3, 0.4) is 0 Å². The quantitative estimate of drug-likeness (QED) is 0.0294. The predicted octanol–water partition coefficient (Wildman–Crippen LogP) is 8.26. The number of rotatable bonds is 29. The Labute approximate surface area is 512 Å². The highest BCUT2D eigenvalue weighted by molar-refractivity contribution is 7.92. The standard InChI is InChI=1S/C63H80N12O12S/c1-9-30-85-45-32-46(34-47(33-45)87-54-37-52-51(71(5)63(80)72(52)6)36-50(54)69-88(81,82)48-21-22-53(83-7)55(35-48)84-8)86-31-16-15-25-70(4)40-57(77)64-24-14-10-11-19-58(78)74-28-26-73(27-29-74)44-20-23-56(65-38-44)67-62-66-39-49-41(2)59(42(3)76)61(79)75(60(49)68-62)43-17-12-13-18-43/h20-23,32-39,43,69H,9-19,24-31,40H2,1-8H3,(H,64,77)(H,65,66,67,68). The van der Waals surface area contributed by atoms with Crippen LogP contribution in [0.1, 0.15) is 106 Å². The molecule has 0 unspecified atom stereocenters. The second kappa shape index (κ2) is 28.9. The molecule has 2 fully saturated rings. The van der Waals surface area contributed by atoms with E-state index in [1.807, 2.05) is 35.9 Å². The van der Waals surface area contributed by atoms with E-state index in [-0.39, 0.29) is 69.1 Å². The zero-order valence-corrected chi connectivity index (χ0v) is 52.3. The van der Waals surface area contributed by atoms with Crippen molar-refractivity contribution in [1.29, 1.82) is 0 Å². The van der Waals surface area contributed by atoms with E-state index in [1.54, 1.807) is 68.3 Å². The molecule has 3 N–H and O–H groups in total. The number of anilines is 4. The van der Waals surface area contributed by atoms with Gasteiger partial charge in [-0.05, 0) is 108 Å². The summed E-state index contributed by atoms with van der Waals surface area (Å²) in [5.41, 5.74) is 2.71. The molecule has 3 aromatic carbocycles. The smallest absolute Gasteiger partial charge is 0.328 e. The van der Waals surface area contributed by atoms with E-state index in [2.05, 4.69) is 30.2 Å². The molecule has 9 rings (SSSR count). The molecule has 1 aliphatic carbocycles. The fraction of sp³-hybridized carbons (Fsp3) is 0.460. The van der Waals surface area contributed by atoms with Gasteiger partial charge in [0, 0.05) is 101 Å². The summed E-state index contributed by atoms with van der Waals surface area (Å²) in [6.07, 6.45) is 12.2. The third-order valence-electron chi connectivity index (χ3n) is 16.1. The summed E-state index contributed by atoms with van der Waals surface area (Å²) in [5, 5.41) is 6.88. The number of hydrogen-bond acceptors (Lipinski definition) is 18.